The summed E-state index contributed by atoms with van der Waals surface area (Å²) in [5, 5.41) is 3.06. The molecule has 17 heavy (non-hydrogen) atoms. The number of hydrogen-bond donors (Lipinski definition) is 1. The average molecular weight is 245 g/mol. The molecule has 1 N–H and O–H groups in total. The molecule has 5 heteroatoms. The molecule has 0 saturated carbocycles. The minimum absolute atomic E-state index is 0.155. The van der Waals surface area contributed by atoms with Gasteiger partial charge in [0.05, 0.1) is 13.2 Å². The summed E-state index contributed by atoms with van der Waals surface area (Å²) in [5.74, 6) is 0.155. The first-order valence-corrected chi connectivity index (χ1v) is 6.24. The van der Waals surface area contributed by atoms with E-state index in [0.717, 1.165) is 26.1 Å². The van der Waals surface area contributed by atoms with Crippen molar-refractivity contribution in [3.8, 4) is 0 Å². The summed E-state index contributed by atoms with van der Waals surface area (Å²) in [6, 6.07) is 0. The van der Waals surface area contributed by atoms with Gasteiger partial charge in [-0.25, -0.2) is 0 Å². The van der Waals surface area contributed by atoms with Crippen molar-refractivity contribution in [1.29, 1.82) is 0 Å². The number of nitrogens with one attached hydrogen (secondary N) is 1. The largest absolute Gasteiger partial charge is 0.383 e. The number of nitrogens with zero attached hydrogens (tertiary/aromatic N) is 2. The maximum Gasteiger partial charge on any atom is 0.236 e. The van der Waals surface area contributed by atoms with Crippen LogP contribution in [0.3, 0.4) is 0 Å². The van der Waals surface area contributed by atoms with Crippen LogP contribution in [0.4, 0.5) is 0 Å². The highest BCUT2D eigenvalue weighted by atomic mass is 16.5. The number of rotatable bonds is 10. The van der Waals surface area contributed by atoms with E-state index >= 15 is 0 Å². The van der Waals surface area contributed by atoms with E-state index in [1.165, 1.54) is 0 Å². The number of likely N-dealkylation sites (N-methyl/N-ethyl adjacent to an activating group) is 1. The topological polar surface area (TPSA) is 44.8 Å². The molecule has 0 unspecified atom stereocenters. The SMILES string of the molecule is CCNCC(=O)N(CCCN(C)C)CCOC. The summed E-state index contributed by atoms with van der Waals surface area (Å²) < 4.78 is 5.03. The van der Waals surface area contributed by atoms with Gasteiger partial charge in [-0.05, 0) is 33.6 Å². The Labute approximate surface area is 105 Å². The van der Waals surface area contributed by atoms with Gasteiger partial charge in [-0.15, -0.1) is 0 Å². The van der Waals surface area contributed by atoms with Crippen molar-refractivity contribution >= 4 is 5.91 Å². The lowest BCUT2D eigenvalue weighted by Gasteiger charge is -2.23. The van der Waals surface area contributed by atoms with Crippen LogP contribution in [0, 0.1) is 0 Å². The zero-order valence-corrected chi connectivity index (χ0v) is 11.7. The van der Waals surface area contributed by atoms with Gasteiger partial charge in [0.15, 0.2) is 0 Å². The van der Waals surface area contributed by atoms with E-state index in [2.05, 4.69) is 10.2 Å². The van der Waals surface area contributed by atoms with E-state index < -0.39 is 0 Å². The number of amides is 1. The number of carbonyl (C=O) groups excluding carboxylic acids is 1. The van der Waals surface area contributed by atoms with Crippen LogP contribution in [-0.2, 0) is 9.53 Å². The van der Waals surface area contributed by atoms with Gasteiger partial charge in [0.25, 0.3) is 0 Å². The fourth-order valence-corrected chi connectivity index (χ4v) is 1.48. The van der Waals surface area contributed by atoms with Crippen molar-refractivity contribution in [2.24, 2.45) is 0 Å². The molecule has 0 heterocycles. The van der Waals surface area contributed by atoms with Crippen molar-refractivity contribution in [1.82, 2.24) is 15.1 Å². The van der Waals surface area contributed by atoms with Crippen LogP contribution >= 0.6 is 0 Å². The minimum atomic E-state index is 0.155. The Morgan fingerprint density at radius 3 is 2.47 bits per heavy atom. The zero-order chi connectivity index (χ0) is 13.1. The lowest BCUT2D eigenvalue weighted by atomic mass is 10.3. The molecule has 102 valence electrons. The average Bonchev–Trinajstić information content (AvgIpc) is 2.30. The Morgan fingerprint density at radius 2 is 1.94 bits per heavy atom. The summed E-state index contributed by atoms with van der Waals surface area (Å²) >= 11 is 0. The Bertz CT molecular complexity index is 198. The smallest absolute Gasteiger partial charge is 0.236 e. The van der Waals surface area contributed by atoms with Crippen molar-refractivity contribution < 1.29 is 9.53 Å². The second-order valence-electron chi connectivity index (χ2n) is 4.31. The van der Waals surface area contributed by atoms with Crippen LogP contribution in [0.5, 0.6) is 0 Å². The third kappa shape index (κ3) is 9.09. The monoisotopic (exact) mass is 245 g/mol. The number of carbonyl (C=O) groups is 1. The van der Waals surface area contributed by atoms with Crippen molar-refractivity contribution in [3.05, 3.63) is 0 Å². The van der Waals surface area contributed by atoms with Gasteiger partial charge < -0.3 is 19.9 Å². The van der Waals surface area contributed by atoms with E-state index in [1.807, 2.05) is 25.9 Å². The molecule has 0 atom stereocenters. The van der Waals surface area contributed by atoms with Gasteiger partial charge in [-0.1, -0.05) is 6.92 Å². The van der Waals surface area contributed by atoms with E-state index in [1.54, 1.807) is 7.11 Å². The molecule has 0 spiro atoms. The van der Waals surface area contributed by atoms with Crippen molar-refractivity contribution in [2.75, 3.05) is 60.5 Å². The highest BCUT2D eigenvalue weighted by Crippen LogP contribution is 1.94. The third-order valence-corrected chi connectivity index (χ3v) is 2.48. The van der Waals surface area contributed by atoms with E-state index in [4.69, 9.17) is 4.74 Å². The predicted molar refractivity (Wildman–Crippen MR) is 70.2 cm³/mol. The Morgan fingerprint density at radius 1 is 1.24 bits per heavy atom. The second kappa shape index (κ2) is 10.5. The Balaban J connectivity index is 3.98. The molecule has 5 nitrogen and oxygen atoms in total. The first-order chi connectivity index (χ1) is 8.11. The highest BCUT2D eigenvalue weighted by molar-refractivity contribution is 5.78. The van der Waals surface area contributed by atoms with Crippen LogP contribution in [0.15, 0.2) is 0 Å². The number of methoxy groups -OCH3 is 1. The lowest BCUT2D eigenvalue weighted by Crippen LogP contribution is -2.41. The second-order valence-corrected chi connectivity index (χ2v) is 4.31. The Kier molecular flexibility index (Phi) is 10.1. The van der Waals surface area contributed by atoms with Crippen molar-refractivity contribution in [3.63, 3.8) is 0 Å². The molecule has 0 aromatic heterocycles. The van der Waals surface area contributed by atoms with Gasteiger partial charge in [0.1, 0.15) is 0 Å². The minimum Gasteiger partial charge on any atom is -0.383 e. The highest BCUT2D eigenvalue weighted by Gasteiger charge is 2.11. The van der Waals surface area contributed by atoms with Gasteiger partial charge in [0, 0.05) is 20.2 Å². The fraction of sp³-hybridized carbons (Fsp3) is 0.917. The first kappa shape index (κ1) is 16.4. The number of ether oxygens (including phenoxy) is 1. The van der Waals surface area contributed by atoms with Gasteiger partial charge >= 0.3 is 0 Å². The maximum atomic E-state index is 11.9. The molecule has 0 aliphatic carbocycles. The van der Waals surface area contributed by atoms with Crippen LogP contribution in [-0.4, -0.2) is 76.2 Å². The summed E-state index contributed by atoms with van der Waals surface area (Å²) in [6.07, 6.45) is 0.995. The molecule has 0 rings (SSSR count). The molecule has 0 aromatic carbocycles. The van der Waals surface area contributed by atoms with Crippen molar-refractivity contribution in [2.45, 2.75) is 13.3 Å². The van der Waals surface area contributed by atoms with E-state index in [9.17, 15) is 4.79 Å². The quantitative estimate of drug-likeness (QED) is 0.589. The van der Waals surface area contributed by atoms with Crippen LogP contribution in [0.1, 0.15) is 13.3 Å². The van der Waals surface area contributed by atoms with E-state index in [0.29, 0.717) is 19.7 Å². The van der Waals surface area contributed by atoms with E-state index in [-0.39, 0.29) is 5.91 Å². The van der Waals surface area contributed by atoms with Crippen LogP contribution in [0.25, 0.3) is 0 Å². The summed E-state index contributed by atoms with van der Waals surface area (Å²) in [7, 11) is 5.74. The Hall–Kier alpha value is -0.650. The number of hydrogen-bond acceptors (Lipinski definition) is 4. The first-order valence-electron chi connectivity index (χ1n) is 6.24. The van der Waals surface area contributed by atoms with Gasteiger partial charge in [-0.2, -0.15) is 0 Å². The van der Waals surface area contributed by atoms with Crippen LogP contribution in [0.2, 0.25) is 0 Å². The zero-order valence-electron chi connectivity index (χ0n) is 11.7. The summed E-state index contributed by atoms with van der Waals surface area (Å²) in [6.45, 7) is 6.31. The summed E-state index contributed by atoms with van der Waals surface area (Å²) in [5.41, 5.74) is 0. The summed E-state index contributed by atoms with van der Waals surface area (Å²) in [4.78, 5) is 15.9. The predicted octanol–water partition coefficient (Wildman–Crippen LogP) is 0.0226. The molecule has 0 radical (unpaired) electrons. The van der Waals surface area contributed by atoms with Gasteiger partial charge in [-0.3, -0.25) is 4.79 Å². The fourth-order valence-electron chi connectivity index (χ4n) is 1.48. The normalized spacial score (nSPS) is 10.9. The molecule has 0 aliphatic heterocycles. The maximum absolute atomic E-state index is 11.9. The third-order valence-electron chi connectivity index (χ3n) is 2.48. The molecule has 0 fully saturated rings. The molecule has 0 saturated heterocycles. The van der Waals surface area contributed by atoms with Gasteiger partial charge in [0.2, 0.25) is 5.91 Å². The van der Waals surface area contributed by atoms with Crippen LogP contribution < -0.4 is 5.32 Å². The molecule has 0 aliphatic rings. The standard InChI is InChI=1S/C12H27N3O2/c1-5-13-11-12(16)15(9-10-17-4)8-6-7-14(2)3/h13H,5-11H2,1-4H3. The molecule has 1 amide bonds. The lowest BCUT2D eigenvalue weighted by molar-refractivity contribution is -0.131. The molecule has 0 aromatic rings. The molecular formula is C12H27N3O2. The molecular weight excluding hydrogens is 218 g/mol. The molecule has 0 bridgehead atoms.